The van der Waals surface area contributed by atoms with Gasteiger partial charge in [-0.2, -0.15) is 0 Å². The summed E-state index contributed by atoms with van der Waals surface area (Å²) in [5.74, 6) is 2.75. The Hall–Kier alpha value is -0.610. The lowest BCUT2D eigenvalue weighted by Crippen LogP contribution is -2.58. The van der Waals surface area contributed by atoms with Gasteiger partial charge in [0.25, 0.3) is 0 Å². The summed E-state index contributed by atoms with van der Waals surface area (Å²) in [6.07, 6.45) is 9.82. The Bertz CT molecular complexity index is 592. The van der Waals surface area contributed by atoms with Gasteiger partial charge < -0.3 is 15.1 Å². The number of rotatable bonds is 2. The predicted molar refractivity (Wildman–Crippen MR) is 103 cm³/mol. The maximum Gasteiger partial charge on any atom is 0.111 e. The molecule has 4 aliphatic rings. The predicted octanol–water partition coefficient (Wildman–Crippen LogP) is 4.14. The normalized spacial score (nSPS) is 54.2. The molecule has 0 aromatic heterocycles. The summed E-state index contributed by atoms with van der Waals surface area (Å²) in [6, 6.07) is 0. The van der Waals surface area contributed by atoms with E-state index in [1.807, 2.05) is 6.92 Å². The lowest BCUT2D eigenvalue weighted by Gasteiger charge is -2.61. The van der Waals surface area contributed by atoms with Gasteiger partial charge >= 0.3 is 0 Å². The molecule has 0 unspecified atom stereocenters. The third kappa shape index (κ3) is 2.37. The molecule has 0 amide bonds. The number of fused-ring (bicyclic) bond motifs is 5. The number of aliphatic hydroxyl groups is 2. The quantitative estimate of drug-likeness (QED) is 0.572. The summed E-state index contributed by atoms with van der Waals surface area (Å²) in [4.78, 5) is 5.01. The van der Waals surface area contributed by atoms with Gasteiger partial charge in [0.1, 0.15) is 12.7 Å². The van der Waals surface area contributed by atoms with Crippen LogP contribution in [-0.2, 0) is 4.84 Å². The average Bonchev–Trinajstić information content (AvgIpc) is 2.88. The Morgan fingerprint density at radius 3 is 2.46 bits per heavy atom. The molecule has 4 fully saturated rings. The highest BCUT2D eigenvalue weighted by molar-refractivity contribution is 5.91. The van der Waals surface area contributed by atoms with Crippen LogP contribution in [0.4, 0.5) is 0 Å². The van der Waals surface area contributed by atoms with Crippen LogP contribution in [0.3, 0.4) is 0 Å². The Kier molecular flexibility index (Phi) is 4.47. The van der Waals surface area contributed by atoms with Crippen molar-refractivity contribution >= 4 is 5.71 Å². The fourth-order valence-corrected chi connectivity index (χ4v) is 8.06. The molecule has 0 bridgehead atoms. The highest BCUT2D eigenvalue weighted by Gasteiger charge is 2.65. The van der Waals surface area contributed by atoms with Crippen molar-refractivity contribution < 1.29 is 15.1 Å². The van der Waals surface area contributed by atoms with E-state index in [0.29, 0.717) is 17.3 Å². The van der Waals surface area contributed by atoms with Crippen molar-refractivity contribution in [3.63, 3.8) is 0 Å². The van der Waals surface area contributed by atoms with Gasteiger partial charge in [0.05, 0.1) is 11.8 Å². The first-order valence-electron chi connectivity index (χ1n) is 10.7. The first-order valence-corrected chi connectivity index (χ1v) is 10.7. The molecule has 148 valence electrons. The van der Waals surface area contributed by atoms with Crippen LogP contribution in [0.1, 0.15) is 78.6 Å². The first-order chi connectivity index (χ1) is 12.3. The molecule has 0 aromatic carbocycles. The number of hydrogen-bond donors (Lipinski definition) is 2. The average molecular weight is 364 g/mol. The molecule has 26 heavy (non-hydrogen) atoms. The molecule has 4 nitrogen and oxygen atoms in total. The Balaban J connectivity index is 1.63. The molecule has 4 heteroatoms. The van der Waals surface area contributed by atoms with Gasteiger partial charge in [0, 0.05) is 5.41 Å². The van der Waals surface area contributed by atoms with E-state index >= 15 is 0 Å². The topological polar surface area (TPSA) is 62.0 Å². The van der Waals surface area contributed by atoms with Crippen LogP contribution < -0.4 is 0 Å². The highest BCUT2D eigenvalue weighted by Crippen LogP contribution is 2.68. The summed E-state index contributed by atoms with van der Waals surface area (Å²) in [5.41, 5.74) is 0.237. The van der Waals surface area contributed by atoms with E-state index in [2.05, 4.69) is 19.0 Å². The van der Waals surface area contributed by atoms with E-state index < -0.39 is 5.60 Å². The zero-order valence-electron chi connectivity index (χ0n) is 17.0. The minimum absolute atomic E-state index is 0.0806. The number of hydrogen-bond acceptors (Lipinski definition) is 4. The summed E-state index contributed by atoms with van der Waals surface area (Å²) < 4.78 is 0. The van der Waals surface area contributed by atoms with Crippen molar-refractivity contribution in [1.29, 1.82) is 0 Å². The van der Waals surface area contributed by atoms with Crippen LogP contribution in [0, 0.1) is 34.5 Å². The molecule has 4 rings (SSSR count). The Labute approximate surface area is 158 Å². The standard InChI is InChI=1S/C22H37NO3/c1-14(23-26-4)22(25)12-9-19-17-6-5-15-13-16(24)7-10-20(15,2)18(17)8-11-21(19,22)3/h15-19,24-25H,5-13H2,1-4H3/b23-14+/t15-,16+,17+,18-,19-,20-,21-,22-/m0/s1. The minimum atomic E-state index is -0.820. The second-order valence-corrected chi connectivity index (χ2v) is 10.3. The van der Waals surface area contributed by atoms with Crippen molar-refractivity contribution in [3.8, 4) is 0 Å². The highest BCUT2D eigenvalue weighted by atomic mass is 16.6. The molecular weight excluding hydrogens is 326 g/mol. The van der Waals surface area contributed by atoms with E-state index in [1.165, 1.54) is 25.7 Å². The largest absolute Gasteiger partial charge is 0.399 e. The summed E-state index contributed by atoms with van der Waals surface area (Å²) in [6.45, 7) is 6.76. The van der Waals surface area contributed by atoms with Gasteiger partial charge in [-0.3, -0.25) is 0 Å². The van der Waals surface area contributed by atoms with Crippen LogP contribution >= 0.6 is 0 Å². The van der Waals surface area contributed by atoms with Crippen LogP contribution in [0.15, 0.2) is 5.16 Å². The smallest absolute Gasteiger partial charge is 0.111 e. The molecule has 4 saturated carbocycles. The maximum absolute atomic E-state index is 11.6. The Morgan fingerprint density at radius 2 is 1.73 bits per heavy atom. The number of nitrogens with zero attached hydrogens (tertiary/aromatic N) is 1. The van der Waals surface area contributed by atoms with Gasteiger partial charge in [0.2, 0.25) is 0 Å². The third-order valence-corrected chi connectivity index (χ3v) is 9.62. The van der Waals surface area contributed by atoms with Gasteiger partial charge in [-0.25, -0.2) is 0 Å². The lowest BCUT2D eigenvalue weighted by atomic mass is 9.44. The van der Waals surface area contributed by atoms with Crippen LogP contribution in [0.2, 0.25) is 0 Å². The van der Waals surface area contributed by atoms with Gasteiger partial charge in [-0.15, -0.1) is 0 Å². The molecular formula is C22H37NO3. The number of aliphatic hydroxyl groups excluding tert-OH is 1. The molecule has 0 spiro atoms. The summed E-state index contributed by atoms with van der Waals surface area (Å²) >= 11 is 0. The first kappa shape index (κ1) is 18.7. The zero-order chi connectivity index (χ0) is 18.7. The second kappa shape index (κ2) is 6.20. The van der Waals surface area contributed by atoms with Crippen molar-refractivity contribution in [2.45, 2.75) is 90.3 Å². The molecule has 0 heterocycles. The van der Waals surface area contributed by atoms with E-state index in [0.717, 1.165) is 49.7 Å². The van der Waals surface area contributed by atoms with E-state index in [-0.39, 0.29) is 11.5 Å². The van der Waals surface area contributed by atoms with Crippen molar-refractivity contribution in [3.05, 3.63) is 0 Å². The molecule has 0 saturated heterocycles. The van der Waals surface area contributed by atoms with E-state index in [1.54, 1.807) is 7.11 Å². The summed E-state index contributed by atoms with van der Waals surface area (Å²) in [5, 5.41) is 25.9. The Morgan fingerprint density at radius 1 is 1.00 bits per heavy atom. The van der Waals surface area contributed by atoms with Crippen LogP contribution in [0.25, 0.3) is 0 Å². The summed E-state index contributed by atoms with van der Waals surface area (Å²) in [7, 11) is 1.57. The maximum atomic E-state index is 11.6. The van der Waals surface area contributed by atoms with Crippen molar-refractivity contribution in [1.82, 2.24) is 0 Å². The monoisotopic (exact) mass is 363 g/mol. The van der Waals surface area contributed by atoms with Crippen LogP contribution in [-0.4, -0.2) is 34.7 Å². The molecule has 2 N–H and O–H groups in total. The fourth-order valence-electron chi connectivity index (χ4n) is 8.06. The molecule has 0 aliphatic heterocycles. The van der Waals surface area contributed by atoms with Gasteiger partial charge in [-0.05, 0) is 93.8 Å². The van der Waals surface area contributed by atoms with Crippen molar-refractivity contribution in [2.75, 3.05) is 7.11 Å². The fraction of sp³-hybridized carbons (Fsp3) is 0.955. The third-order valence-electron chi connectivity index (χ3n) is 9.62. The SMILES string of the molecule is CO/N=C(\C)[C@@]1(O)CC[C@H]2[C@@H]3CC[C@H]4C[C@H](O)CC[C@]4(C)[C@H]3CC[C@@]21C. The molecule has 8 atom stereocenters. The second-order valence-electron chi connectivity index (χ2n) is 10.3. The van der Waals surface area contributed by atoms with Crippen LogP contribution in [0.5, 0.6) is 0 Å². The molecule has 0 radical (unpaired) electrons. The molecule has 0 aromatic rings. The van der Waals surface area contributed by atoms with E-state index in [9.17, 15) is 10.2 Å². The molecule has 4 aliphatic carbocycles. The zero-order valence-corrected chi connectivity index (χ0v) is 17.0. The lowest BCUT2D eigenvalue weighted by molar-refractivity contribution is -0.143. The minimum Gasteiger partial charge on any atom is -0.399 e. The van der Waals surface area contributed by atoms with Crippen molar-refractivity contribution in [2.24, 2.45) is 39.7 Å². The van der Waals surface area contributed by atoms with Gasteiger partial charge in [0.15, 0.2) is 0 Å². The van der Waals surface area contributed by atoms with Gasteiger partial charge in [-0.1, -0.05) is 19.0 Å². The number of oxime groups is 1. The van der Waals surface area contributed by atoms with E-state index in [4.69, 9.17) is 4.84 Å².